The summed E-state index contributed by atoms with van der Waals surface area (Å²) in [5.41, 5.74) is 1.55. The zero-order valence-corrected chi connectivity index (χ0v) is 12.6. The third-order valence-electron chi connectivity index (χ3n) is 3.98. The number of aliphatic carboxylic acids is 1. The molecule has 1 aromatic heterocycles. The lowest BCUT2D eigenvalue weighted by Crippen LogP contribution is -2.40. The van der Waals surface area contributed by atoms with Crippen LogP contribution >= 0.6 is 0 Å². The van der Waals surface area contributed by atoms with Gasteiger partial charge in [-0.2, -0.15) is 5.10 Å². The molecule has 1 fully saturated rings. The predicted octanol–water partition coefficient (Wildman–Crippen LogP) is 2.01. The maximum absolute atomic E-state index is 13.0. The Morgan fingerprint density at radius 3 is 2.65 bits per heavy atom. The summed E-state index contributed by atoms with van der Waals surface area (Å²) in [5, 5.41) is 13.4. The summed E-state index contributed by atoms with van der Waals surface area (Å²) in [7, 11) is 0. The Kier molecular flexibility index (Phi) is 3.85. The minimum atomic E-state index is -0.995. The molecule has 6 nitrogen and oxygen atoms in total. The van der Waals surface area contributed by atoms with Crippen LogP contribution in [0.1, 0.15) is 29.0 Å². The molecule has 120 valence electrons. The Morgan fingerprint density at radius 2 is 2.00 bits per heavy atom. The summed E-state index contributed by atoms with van der Waals surface area (Å²) in [4.78, 5) is 25.1. The molecule has 0 spiro atoms. The molecule has 1 unspecified atom stereocenters. The van der Waals surface area contributed by atoms with Gasteiger partial charge in [-0.15, -0.1) is 0 Å². The lowest BCUT2D eigenvalue weighted by atomic mass is 10.2. The number of amides is 1. The molecule has 1 saturated heterocycles. The van der Waals surface area contributed by atoms with E-state index in [1.807, 2.05) is 0 Å². The summed E-state index contributed by atoms with van der Waals surface area (Å²) in [5.74, 6) is -1.74. The molecule has 7 heteroatoms. The van der Waals surface area contributed by atoms with Crippen molar-refractivity contribution in [1.29, 1.82) is 0 Å². The van der Waals surface area contributed by atoms with E-state index in [0.29, 0.717) is 30.8 Å². The summed E-state index contributed by atoms with van der Waals surface area (Å²) < 4.78 is 14.6. The molecule has 0 bridgehead atoms. The maximum Gasteiger partial charge on any atom is 0.326 e. The van der Waals surface area contributed by atoms with E-state index in [4.69, 9.17) is 0 Å². The monoisotopic (exact) mass is 317 g/mol. The molecule has 0 radical (unpaired) electrons. The first kappa shape index (κ1) is 15.2. The average Bonchev–Trinajstić information content (AvgIpc) is 3.14. The summed E-state index contributed by atoms with van der Waals surface area (Å²) in [6, 6.07) is 6.60. The molecule has 1 aliphatic rings. The number of hydrogen-bond acceptors (Lipinski definition) is 3. The number of benzene rings is 1. The van der Waals surface area contributed by atoms with Crippen molar-refractivity contribution < 1.29 is 19.1 Å². The third kappa shape index (κ3) is 2.81. The second-order valence-corrected chi connectivity index (χ2v) is 5.55. The van der Waals surface area contributed by atoms with E-state index in [2.05, 4.69) is 5.10 Å². The second kappa shape index (κ2) is 5.83. The van der Waals surface area contributed by atoms with E-state index in [0.717, 1.165) is 0 Å². The molecule has 3 rings (SSSR count). The average molecular weight is 317 g/mol. The molecular weight excluding hydrogens is 301 g/mol. The van der Waals surface area contributed by atoms with Gasteiger partial charge in [-0.1, -0.05) is 0 Å². The lowest BCUT2D eigenvalue weighted by Gasteiger charge is -2.20. The molecule has 1 N–H and O–H groups in total. The Balaban J connectivity index is 1.90. The zero-order chi connectivity index (χ0) is 16.6. The maximum atomic E-state index is 13.0. The molecule has 1 aliphatic heterocycles. The lowest BCUT2D eigenvalue weighted by molar-refractivity contribution is -0.141. The highest BCUT2D eigenvalue weighted by molar-refractivity contribution is 5.95. The van der Waals surface area contributed by atoms with E-state index < -0.39 is 12.0 Å². The molecule has 2 heterocycles. The summed E-state index contributed by atoms with van der Waals surface area (Å²) in [6.45, 7) is 2.20. The third-order valence-corrected chi connectivity index (χ3v) is 3.98. The fourth-order valence-electron chi connectivity index (χ4n) is 2.84. The van der Waals surface area contributed by atoms with Crippen LogP contribution in [-0.2, 0) is 4.79 Å². The van der Waals surface area contributed by atoms with Gasteiger partial charge in [-0.25, -0.2) is 13.9 Å². The van der Waals surface area contributed by atoms with Gasteiger partial charge in [0.2, 0.25) is 0 Å². The van der Waals surface area contributed by atoms with Crippen molar-refractivity contribution in [3.63, 3.8) is 0 Å². The quantitative estimate of drug-likeness (QED) is 0.939. The van der Waals surface area contributed by atoms with E-state index in [1.54, 1.807) is 29.8 Å². The second-order valence-electron chi connectivity index (χ2n) is 5.55. The fraction of sp³-hybridized carbons (Fsp3) is 0.312. The normalized spacial score (nSPS) is 17.5. The predicted molar refractivity (Wildman–Crippen MR) is 80.0 cm³/mol. The van der Waals surface area contributed by atoms with Crippen molar-refractivity contribution >= 4 is 11.9 Å². The van der Waals surface area contributed by atoms with Crippen molar-refractivity contribution in [2.75, 3.05) is 6.54 Å². The van der Waals surface area contributed by atoms with Gasteiger partial charge in [0.25, 0.3) is 5.91 Å². The van der Waals surface area contributed by atoms with Crippen LogP contribution in [0.3, 0.4) is 0 Å². The Hall–Kier alpha value is -2.70. The Morgan fingerprint density at radius 1 is 1.30 bits per heavy atom. The van der Waals surface area contributed by atoms with Crippen LogP contribution in [-0.4, -0.2) is 44.3 Å². The number of carbonyl (C=O) groups is 2. The first-order valence-electron chi connectivity index (χ1n) is 7.34. The van der Waals surface area contributed by atoms with Gasteiger partial charge in [-0.3, -0.25) is 4.79 Å². The fourth-order valence-corrected chi connectivity index (χ4v) is 2.84. The number of aromatic nitrogens is 2. The number of likely N-dealkylation sites (tertiary alicyclic amines) is 1. The first-order chi connectivity index (χ1) is 11.0. The van der Waals surface area contributed by atoms with Gasteiger partial charge < -0.3 is 10.0 Å². The van der Waals surface area contributed by atoms with E-state index >= 15 is 0 Å². The van der Waals surface area contributed by atoms with E-state index in [-0.39, 0.29) is 17.4 Å². The molecule has 2 aromatic rings. The smallest absolute Gasteiger partial charge is 0.326 e. The van der Waals surface area contributed by atoms with E-state index in [1.165, 1.54) is 17.0 Å². The Bertz CT molecular complexity index is 754. The molecule has 0 saturated carbocycles. The number of carboxylic acid groups (broad SMARTS) is 1. The van der Waals surface area contributed by atoms with Crippen LogP contribution in [0.4, 0.5) is 4.39 Å². The summed E-state index contributed by atoms with van der Waals surface area (Å²) >= 11 is 0. The summed E-state index contributed by atoms with van der Waals surface area (Å²) in [6.07, 6.45) is 1.12. The van der Waals surface area contributed by atoms with Crippen molar-refractivity contribution in [1.82, 2.24) is 14.7 Å². The topological polar surface area (TPSA) is 75.4 Å². The zero-order valence-electron chi connectivity index (χ0n) is 12.6. The molecule has 23 heavy (non-hydrogen) atoms. The van der Waals surface area contributed by atoms with Gasteiger partial charge >= 0.3 is 5.97 Å². The van der Waals surface area contributed by atoms with Crippen LogP contribution in [0.2, 0.25) is 0 Å². The van der Waals surface area contributed by atoms with Gasteiger partial charge in [0.1, 0.15) is 11.9 Å². The van der Waals surface area contributed by atoms with Crippen molar-refractivity contribution in [2.45, 2.75) is 25.8 Å². The van der Waals surface area contributed by atoms with Crippen LogP contribution in [0, 0.1) is 12.7 Å². The number of carboxylic acids is 1. The minimum absolute atomic E-state index is 0.194. The standard InChI is InChI=1S/C16H16FN3O3/c1-10-9-13(15(21)19-8-2-3-14(19)16(22)23)18-20(10)12-6-4-11(17)5-7-12/h4-7,9,14H,2-3,8H2,1H3,(H,22,23). The molecular formula is C16H16FN3O3. The molecule has 1 atom stereocenters. The van der Waals surface area contributed by atoms with Crippen molar-refractivity contribution in [2.24, 2.45) is 0 Å². The Labute approximate surface area is 132 Å². The SMILES string of the molecule is Cc1cc(C(=O)N2CCCC2C(=O)O)nn1-c1ccc(F)cc1. The number of hydrogen-bond donors (Lipinski definition) is 1. The minimum Gasteiger partial charge on any atom is -0.480 e. The van der Waals surface area contributed by atoms with Gasteiger partial charge in [0.15, 0.2) is 5.69 Å². The highest BCUT2D eigenvalue weighted by Crippen LogP contribution is 2.21. The highest BCUT2D eigenvalue weighted by Gasteiger charge is 2.35. The molecule has 1 amide bonds. The first-order valence-corrected chi connectivity index (χ1v) is 7.34. The van der Waals surface area contributed by atoms with E-state index in [9.17, 15) is 19.1 Å². The number of rotatable bonds is 3. The van der Waals surface area contributed by atoms with Crippen molar-refractivity contribution in [3.8, 4) is 5.69 Å². The van der Waals surface area contributed by atoms with Crippen LogP contribution < -0.4 is 0 Å². The van der Waals surface area contributed by atoms with Crippen LogP contribution in [0.15, 0.2) is 30.3 Å². The molecule has 0 aliphatic carbocycles. The van der Waals surface area contributed by atoms with Gasteiger partial charge in [-0.05, 0) is 50.1 Å². The number of aryl methyl sites for hydroxylation is 1. The number of nitrogens with zero attached hydrogens (tertiary/aromatic N) is 3. The molecule has 1 aromatic carbocycles. The highest BCUT2D eigenvalue weighted by atomic mass is 19.1. The van der Waals surface area contributed by atoms with Gasteiger partial charge in [0.05, 0.1) is 5.69 Å². The van der Waals surface area contributed by atoms with Crippen molar-refractivity contribution in [3.05, 3.63) is 47.5 Å². The number of carbonyl (C=O) groups excluding carboxylic acids is 1. The number of halogens is 1. The van der Waals surface area contributed by atoms with Crippen LogP contribution in [0.5, 0.6) is 0 Å². The van der Waals surface area contributed by atoms with Crippen LogP contribution in [0.25, 0.3) is 5.69 Å². The van der Waals surface area contributed by atoms with Gasteiger partial charge in [0, 0.05) is 12.2 Å². The largest absolute Gasteiger partial charge is 0.480 e.